The predicted molar refractivity (Wildman–Crippen MR) is 48.4 cm³/mol. The van der Waals surface area contributed by atoms with Gasteiger partial charge in [-0.15, -0.1) is 0 Å². The summed E-state index contributed by atoms with van der Waals surface area (Å²) in [6.07, 6.45) is 3.55. The van der Waals surface area contributed by atoms with E-state index in [9.17, 15) is 4.79 Å². The maximum absolute atomic E-state index is 10.8. The number of carbonyl (C=O) groups is 1. The Kier molecular flexibility index (Phi) is 4.02. The molecular weight excluding hydrogens is 170 g/mol. The van der Waals surface area contributed by atoms with Crippen molar-refractivity contribution in [2.45, 2.75) is 31.7 Å². The van der Waals surface area contributed by atoms with Crippen LogP contribution in [0.1, 0.15) is 25.7 Å². The molecule has 0 radical (unpaired) electrons. The molecule has 4 heteroatoms. The lowest BCUT2D eigenvalue weighted by atomic mass is 10.0. The zero-order valence-corrected chi connectivity index (χ0v) is 7.95. The van der Waals surface area contributed by atoms with Gasteiger partial charge in [0.25, 0.3) is 0 Å². The molecule has 0 aliphatic heterocycles. The van der Waals surface area contributed by atoms with Crippen molar-refractivity contribution in [1.29, 1.82) is 0 Å². The van der Waals surface area contributed by atoms with E-state index in [1.807, 2.05) is 0 Å². The highest BCUT2D eigenvalue weighted by Gasteiger charge is 2.25. The molecule has 0 spiro atoms. The van der Waals surface area contributed by atoms with Crippen molar-refractivity contribution in [3.8, 4) is 0 Å². The minimum atomic E-state index is -0.352. The summed E-state index contributed by atoms with van der Waals surface area (Å²) < 4.78 is 4.51. The summed E-state index contributed by atoms with van der Waals surface area (Å²) in [6.45, 7) is 0.246. The molecule has 1 fully saturated rings. The largest absolute Gasteiger partial charge is 0.453 e. The lowest BCUT2D eigenvalue weighted by molar-refractivity contribution is 0.166. The Balaban J connectivity index is 2.20. The second-order valence-electron chi connectivity index (χ2n) is 3.52. The monoisotopic (exact) mass is 187 g/mol. The first-order valence-electron chi connectivity index (χ1n) is 4.71. The average Bonchev–Trinajstić information content (AvgIpc) is 2.53. The van der Waals surface area contributed by atoms with Gasteiger partial charge in [-0.2, -0.15) is 0 Å². The van der Waals surface area contributed by atoms with Crippen molar-refractivity contribution in [2.75, 3.05) is 13.7 Å². The fourth-order valence-electron chi connectivity index (χ4n) is 1.88. The molecule has 0 saturated heterocycles. The van der Waals surface area contributed by atoms with Crippen LogP contribution in [0.3, 0.4) is 0 Å². The van der Waals surface area contributed by atoms with E-state index in [1.165, 1.54) is 7.11 Å². The Hall–Kier alpha value is -0.770. The molecule has 2 N–H and O–H groups in total. The number of carbonyl (C=O) groups excluding carboxylic acids is 1. The van der Waals surface area contributed by atoms with Crippen LogP contribution in [0.5, 0.6) is 0 Å². The van der Waals surface area contributed by atoms with Gasteiger partial charge in [0.2, 0.25) is 0 Å². The SMILES string of the molecule is COC(=O)NC1CCC(CCO)C1. The first-order valence-corrected chi connectivity index (χ1v) is 4.71. The molecular formula is C9H17NO3. The number of ether oxygens (including phenoxy) is 1. The summed E-state index contributed by atoms with van der Waals surface area (Å²) in [6, 6.07) is 0.240. The average molecular weight is 187 g/mol. The van der Waals surface area contributed by atoms with Gasteiger partial charge in [0.1, 0.15) is 0 Å². The third kappa shape index (κ3) is 3.22. The number of rotatable bonds is 3. The van der Waals surface area contributed by atoms with Crippen molar-refractivity contribution in [3.63, 3.8) is 0 Å². The molecule has 1 aliphatic rings. The van der Waals surface area contributed by atoms with E-state index in [0.29, 0.717) is 5.92 Å². The Morgan fingerprint density at radius 3 is 3.00 bits per heavy atom. The van der Waals surface area contributed by atoms with Crippen LogP contribution in [-0.2, 0) is 4.74 Å². The minimum absolute atomic E-state index is 0.240. The maximum atomic E-state index is 10.8. The van der Waals surface area contributed by atoms with Gasteiger partial charge in [0.15, 0.2) is 0 Å². The number of nitrogens with one attached hydrogen (secondary N) is 1. The Morgan fingerprint density at radius 2 is 2.38 bits per heavy atom. The van der Waals surface area contributed by atoms with Crippen LogP contribution in [0.4, 0.5) is 4.79 Å². The fourth-order valence-corrected chi connectivity index (χ4v) is 1.88. The number of amides is 1. The van der Waals surface area contributed by atoms with Gasteiger partial charge in [-0.3, -0.25) is 0 Å². The Morgan fingerprint density at radius 1 is 1.62 bits per heavy atom. The lowest BCUT2D eigenvalue weighted by Crippen LogP contribution is -2.32. The molecule has 1 amide bonds. The predicted octanol–water partition coefficient (Wildman–Crippen LogP) is 0.893. The number of aliphatic hydroxyl groups is 1. The van der Waals surface area contributed by atoms with E-state index in [1.54, 1.807) is 0 Å². The van der Waals surface area contributed by atoms with Gasteiger partial charge in [0.05, 0.1) is 7.11 Å². The summed E-state index contributed by atoms with van der Waals surface area (Å²) >= 11 is 0. The number of alkyl carbamates (subject to hydrolysis) is 1. The number of methoxy groups -OCH3 is 1. The standard InChI is InChI=1S/C9H17NO3/c1-13-9(12)10-8-3-2-7(6-8)4-5-11/h7-8,11H,2-6H2,1H3,(H,10,12). The summed E-state index contributed by atoms with van der Waals surface area (Å²) in [4.78, 5) is 10.8. The zero-order chi connectivity index (χ0) is 9.68. The first-order chi connectivity index (χ1) is 6.26. The van der Waals surface area contributed by atoms with E-state index in [0.717, 1.165) is 25.7 Å². The molecule has 0 aromatic rings. The molecule has 76 valence electrons. The molecule has 0 bridgehead atoms. The van der Waals surface area contributed by atoms with E-state index >= 15 is 0 Å². The Bertz CT molecular complexity index is 172. The second-order valence-corrected chi connectivity index (χ2v) is 3.52. The highest BCUT2D eigenvalue weighted by atomic mass is 16.5. The zero-order valence-electron chi connectivity index (χ0n) is 7.95. The van der Waals surface area contributed by atoms with Crippen molar-refractivity contribution in [3.05, 3.63) is 0 Å². The van der Waals surface area contributed by atoms with Gasteiger partial charge in [-0.25, -0.2) is 4.79 Å². The number of hydrogen-bond donors (Lipinski definition) is 2. The number of hydrogen-bond acceptors (Lipinski definition) is 3. The first kappa shape index (κ1) is 10.3. The van der Waals surface area contributed by atoms with Crippen LogP contribution < -0.4 is 5.32 Å². The van der Waals surface area contributed by atoms with Crippen molar-refractivity contribution >= 4 is 6.09 Å². The summed E-state index contributed by atoms with van der Waals surface area (Å²) in [7, 11) is 1.37. The van der Waals surface area contributed by atoms with Crippen LogP contribution in [0, 0.1) is 5.92 Å². The highest BCUT2D eigenvalue weighted by molar-refractivity contribution is 5.67. The van der Waals surface area contributed by atoms with Gasteiger partial charge >= 0.3 is 6.09 Å². The van der Waals surface area contributed by atoms with Gasteiger partial charge in [-0.1, -0.05) is 0 Å². The summed E-state index contributed by atoms with van der Waals surface area (Å²) in [5.74, 6) is 0.562. The topological polar surface area (TPSA) is 58.6 Å². The molecule has 13 heavy (non-hydrogen) atoms. The molecule has 2 unspecified atom stereocenters. The second kappa shape index (κ2) is 5.07. The lowest BCUT2D eigenvalue weighted by Gasteiger charge is -2.11. The summed E-state index contributed by atoms with van der Waals surface area (Å²) in [5, 5.41) is 11.5. The fraction of sp³-hybridized carbons (Fsp3) is 0.889. The summed E-state index contributed by atoms with van der Waals surface area (Å²) in [5.41, 5.74) is 0. The minimum Gasteiger partial charge on any atom is -0.453 e. The molecule has 0 heterocycles. The molecule has 0 aromatic carbocycles. The normalized spacial score (nSPS) is 27.2. The van der Waals surface area contributed by atoms with Gasteiger partial charge in [0, 0.05) is 12.6 Å². The maximum Gasteiger partial charge on any atom is 0.407 e. The van der Waals surface area contributed by atoms with E-state index in [-0.39, 0.29) is 18.7 Å². The third-order valence-corrected chi connectivity index (χ3v) is 2.59. The van der Waals surface area contributed by atoms with Crippen molar-refractivity contribution in [1.82, 2.24) is 5.32 Å². The Labute approximate surface area is 78.3 Å². The van der Waals surface area contributed by atoms with Crippen molar-refractivity contribution in [2.24, 2.45) is 5.92 Å². The molecule has 1 rings (SSSR count). The molecule has 1 aliphatic carbocycles. The molecule has 0 aromatic heterocycles. The van der Waals surface area contributed by atoms with Gasteiger partial charge in [-0.05, 0) is 31.6 Å². The third-order valence-electron chi connectivity index (χ3n) is 2.59. The van der Waals surface area contributed by atoms with E-state index in [4.69, 9.17) is 5.11 Å². The van der Waals surface area contributed by atoms with Crippen molar-refractivity contribution < 1.29 is 14.6 Å². The van der Waals surface area contributed by atoms with Crippen LogP contribution >= 0.6 is 0 Å². The van der Waals surface area contributed by atoms with E-state index < -0.39 is 0 Å². The van der Waals surface area contributed by atoms with Gasteiger partial charge < -0.3 is 15.2 Å². The van der Waals surface area contributed by atoms with Crippen LogP contribution in [0.2, 0.25) is 0 Å². The number of aliphatic hydroxyl groups excluding tert-OH is 1. The molecule has 4 nitrogen and oxygen atoms in total. The quantitative estimate of drug-likeness (QED) is 0.690. The van der Waals surface area contributed by atoms with Crippen LogP contribution in [-0.4, -0.2) is 31.0 Å². The van der Waals surface area contributed by atoms with E-state index in [2.05, 4.69) is 10.1 Å². The molecule has 2 atom stereocenters. The highest BCUT2D eigenvalue weighted by Crippen LogP contribution is 2.27. The smallest absolute Gasteiger partial charge is 0.407 e. The molecule has 1 saturated carbocycles. The van der Waals surface area contributed by atoms with Crippen LogP contribution in [0.25, 0.3) is 0 Å². The van der Waals surface area contributed by atoms with Crippen LogP contribution in [0.15, 0.2) is 0 Å².